The van der Waals surface area contributed by atoms with Crippen LogP contribution in [0.25, 0.3) is 0 Å². The Morgan fingerprint density at radius 1 is 1.05 bits per heavy atom. The summed E-state index contributed by atoms with van der Waals surface area (Å²) in [5, 5.41) is 13.8. The first-order valence-electron chi connectivity index (χ1n) is 12.0. The zero-order valence-electron chi connectivity index (χ0n) is 21.0. The monoisotopic (exact) mass is 564 g/mol. The van der Waals surface area contributed by atoms with Gasteiger partial charge in [-0.15, -0.1) is 13.2 Å². The van der Waals surface area contributed by atoms with Gasteiger partial charge >= 0.3 is 6.36 Å². The number of nitrogens with one attached hydrogen (secondary N) is 2. The fourth-order valence-electron chi connectivity index (χ4n) is 4.25. The number of amides is 1. The molecule has 0 spiro atoms. The number of carbonyl (C=O) groups is 1. The third-order valence-corrected chi connectivity index (χ3v) is 7.68. The second kappa shape index (κ2) is 10.9. The Hall–Kier alpha value is -3.61. The summed E-state index contributed by atoms with van der Waals surface area (Å²) in [6.07, 6.45) is -6.00. The fraction of sp³-hybridized carbons (Fsp3) is 0.296. The molecule has 0 saturated heterocycles. The second-order valence-corrected chi connectivity index (χ2v) is 11.2. The number of alkyl halides is 3. The Bertz CT molecular complexity index is 1450. The van der Waals surface area contributed by atoms with Gasteiger partial charge in [0.25, 0.3) is 5.91 Å². The smallest absolute Gasteiger partial charge is 0.485 e. The summed E-state index contributed by atoms with van der Waals surface area (Å²) in [5.41, 5.74) is 0.0886. The topological polar surface area (TPSA) is 114 Å². The van der Waals surface area contributed by atoms with Crippen molar-refractivity contribution < 1.29 is 41.0 Å². The quantitative estimate of drug-likeness (QED) is 0.380. The number of ether oxygens (including phenoxy) is 2. The molecule has 1 aliphatic heterocycles. The molecular weight excluding hydrogens is 537 g/mol. The lowest BCUT2D eigenvalue weighted by molar-refractivity contribution is -0.275. The fourth-order valence-corrected chi connectivity index (χ4v) is 5.60. The highest BCUT2D eigenvalue weighted by Crippen LogP contribution is 2.41. The minimum Gasteiger partial charge on any atom is -0.485 e. The third kappa shape index (κ3) is 6.70. The summed E-state index contributed by atoms with van der Waals surface area (Å²) in [5.74, 6) is -1.15. The van der Waals surface area contributed by atoms with Gasteiger partial charge in [-0.3, -0.25) is 4.79 Å². The average molecular weight is 565 g/mol. The lowest BCUT2D eigenvalue weighted by Crippen LogP contribution is -2.53. The van der Waals surface area contributed by atoms with Crippen LogP contribution in [0.4, 0.5) is 13.2 Å². The molecule has 12 heteroatoms. The van der Waals surface area contributed by atoms with Crippen LogP contribution in [-0.4, -0.2) is 44.0 Å². The Balaban J connectivity index is 1.62. The molecule has 0 radical (unpaired) electrons. The van der Waals surface area contributed by atoms with Crippen LogP contribution in [0.5, 0.6) is 11.5 Å². The number of hydrogen-bond acceptors (Lipinski definition) is 6. The zero-order chi connectivity index (χ0) is 28.4. The van der Waals surface area contributed by atoms with Crippen molar-refractivity contribution in [2.45, 2.75) is 49.3 Å². The third-order valence-electron chi connectivity index (χ3n) is 6.20. The standard InChI is InChI=1S/C27H27F3N2O6S/c1-26(2)24(33)23(32-39(35,36)22-11-7-6-10-21(22)38-27(28,29)30)19-16-18(12-13-20(19)37-26)25(34)31-15-14-17-8-4-3-5-9-17/h3-13,16,23-24,32-33H,14-15H2,1-2H3,(H,31,34). The van der Waals surface area contributed by atoms with Crippen molar-refractivity contribution >= 4 is 15.9 Å². The SMILES string of the molecule is CC1(C)Oc2ccc(C(=O)NCCc3ccccc3)cc2C(NS(=O)(=O)c2ccccc2OC(F)(F)F)C1O. The van der Waals surface area contributed by atoms with E-state index in [1.54, 1.807) is 0 Å². The molecule has 4 rings (SSSR count). The maximum atomic E-state index is 13.3. The van der Waals surface area contributed by atoms with Gasteiger partial charge in [-0.2, -0.15) is 0 Å². The molecule has 2 atom stereocenters. The summed E-state index contributed by atoms with van der Waals surface area (Å²) in [6, 6.07) is 16.8. The van der Waals surface area contributed by atoms with Gasteiger partial charge in [-0.05, 0) is 56.2 Å². The van der Waals surface area contributed by atoms with E-state index in [9.17, 15) is 31.5 Å². The van der Waals surface area contributed by atoms with Crippen LogP contribution < -0.4 is 19.5 Å². The summed E-state index contributed by atoms with van der Waals surface area (Å²) in [6.45, 7) is 3.41. The van der Waals surface area contributed by atoms with Gasteiger partial charge in [0.15, 0.2) is 0 Å². The van der Waals surface area contributed by atoms with E-state index >= 15 is 0 Å². The van der Waals surface area contributed by atoms with E-state index in [1.807, 2.05) is 30.3 Å². The zero-order valence-corrected chi connectivity index (χ0v) is 21.8. The second-order valence-electron chi connectivity index (χ2n) is 9.49. The molecule has 0 aliphatic carbocycles. The van der Waals surface area contributed by atoms with E-state index in [2.05, 4.69) is 14.8 Å². The van der Waals surface area contributed by atoms with Gasteiger partial charge in [-0.1, -0.05) is 42.5 Å². The van der Waals surface area contributed by atoms with E-state index in [4.69, 9.17) is 4.74 Å². The molecule has 0 aromatic heterocycles. The number of aliphatic hydroxyl groups excluding tert-OH is 1. The number of fused-ring (bicyclic) bond motifs is 1. The summed E-state index contributed by atoms with van der Waals surface area (Å²) < 4.78 is 77.3. The van der Waals surface area contributed by atoms with Crippen LogP contribution in [0, 0.1) is 0 Å². The number of halogens is 3. The minimum atomic E-state index is -5.12. The van der Waals surface area contributed by atoms with E-state index in [0.717, 1.165) is 17.7 Å². The predicted molar refractivity (Wildman–Crippen MR) is 136 cm³/mol. The van der Waals surface area contributed by atoms with Crippen LogP contribution >= 0.6 is 0 Å². The Morgan fingerprint density at radius 2 is 1.72 bits per heavy atom. The first kappa shape index (κ1) is 28.4. The number of hydrogen-bond donors (Lipinski definition) is 3. The number of sulfonamides is 1. The molecule has 0 fully saturated rings. The van der Waals surface area contributed by atoms with Gasteiger partial charge in [0.05, 0.1) is 6.04 Å². The van der Waals surface area contributed by atoms with Crippen LogP contribution in [0.3, 0.4) is 0 Å². The largest absolute Gasteiger partial charge is 0.573 e. The highest BCUT2D eigenvalue weighted by Gasteiger charge is 2.45. The van der Waals surface area contributed by atoms with Gasteiger partial charge in [0.1, 0.15) is 28.1 Å². The molecule has 0 saturated carbocycles. The van der Waals surface area contributed by atoms with Crippen LogP contribution in [0.2, 0.25) is 0 Å². The first-order chi connectivity index (χ1) is 18.3. The first-order valence-corrected chi connectivity index (χ1v) is 13.5. The summed E-state index contributed by atoms with van der Waals surface area (Å²) in [7, 11) is -4.66. The molecule has 1 aliphatic rings. The maximum Gasteiger partial charge on any atom is 0.573 e. The molecule has 8 nitrogen and oxygen atoms in total. The Kier molecular flexibility index (Phi) is 7.92. The number of carbonyl (C=O) groups excluding carboxylic acids is 1. The van der Waals surface area contributed by atoms with Crippen molar-refractivity contribution in [3.8, 4) is 11.5 Å². The maximum absolute atomic E-state index is 13.3. The molecule has 3 aromatic rings. The molecule has 1 amide bonds. The Labute approximate surface area is 223 Å². The van der Waals surface area contributed by atoms with Crippen molar-refractivity contribution in [1.82, 2.24) is 10.0 Å². The predicted octanol–water partition coefficient (Wildman–Crippen LogP) is 4.11. The highest BCUT2D eigenvalue weighted by atomic mass is 32.2. The normalized spacial score (nSPS) is 18.5. The van der Waals surface area contributed by atoms with Gasteiger partial charge in [0.2, 0.25) is 10.0 Å². The van der Waals surface area contributed by atoms with Crippen molar-refractivity contribution in [2.75, 3.05) is 6.54 Å². The molecule has 3 aromatic carbocycles. The van der Waals surface area contributed by atoms with Crippen LogP contribution in [0.1, 0.15) is 41.4 Å². The minimum absolute atomic E-state index is 0.148. The molecule has 39 heavy (non-hydrogen) atoms. The number of aliphatic hydroxyl groups is 1. The lowest BCUT2D eigenvalue weighted by atomic mass is 9.86. The van der Waals surface area contributed by atoms with Crippen molar-refractivity contribution in [3.63, 3.8) is 0 Å². The van der Waals surface area contributed by atoms with Gasteiger partial charge < -0.3 is 19.9 Å². The van der Waals surface area contributed by atoms with E-state index in [-0.39, 0.29) is 16.9 Å². The van der Waals surface area contributed by atoms with Crippen molar-refractivity contribution in [3.05, 3.63) is 89.5 Å². The van der Waals surface area contributed by atoms with Gasteiger partial charge in [-0.25, -0.2) is 13.1 Å². The lowest BCUT2D eigenvalue weighted by Gasteiger charge is -2.42. The van der Waals surface area contributed by atoms with Crippen LogP contribution in [0.15, 0.2) is 77.7 Å². The molecule has 208 valence electrons. The van der Waals surface area contributed by atoms with Crippen molar-refractivity contribution in [1.29, 1.82) is 0 Å². The van der Waals surface area contributed by atoms with E-state index in [1.165, 1.54) is 44.2 Å². The number of benzene rings is 3. The number of para-hydroxylation sites is 1. The Morgan fingerprint density at radius 3 is 2.41 bits per heavy atom. The molecule has 0 bridgehead atoms. The number of rotatable bonds is 8. The molecule has 3 N–H and O–H groups in total. The molecular formula is C27H27F3N2O6S. The van der Waals surface area contributed by atoms with Crippen molar-refractivity contribution in [2.24, 2.45) is 0 Å². The van der Waals surface area contributed by atoms with E-state index in [0.29, 0.717) is 13.0 Å². The van der Waals surface area contributed by atoms with E-state index < -0.39 is 50.7 Å². The molecule has 2 unspecified atom stereocenters. The summed E-state index contributed by atoms with van der Waals surface area (Å²) >= 11 is 0. The van der Waals surface area contributed by atoms with Gasteiger partial charge in [0, 0.05) is 17.7 Å². The summed E-state index contributed by atoms with van der Waals surface area (Å²) in [4.78, 5) is 12.1. The average Bonchev–Trinajstić information content (AvgIpc) is 2.86. The van der Waals surface area contributed by atoms with Crippen LogP contribution in [-0.2, 0) is 16.4 Å². The highest BCUT2D eigenvalue weighted by molar-refractivity contribution is 7.89. The molecule has 1 heterocycles.